The lowest BCUT2D eigenvalue weighted by Crippen LogP contribution is -2.32. The molecule has 1 heterocycles. The predicted octanol–water partition coefficient (Wildman–Crippen LogP) is 2.77. The first-order valence-corrected chi connectivity index (χ1v) is 7.27. The lowest BCUT2D eigenvalue weighted by Gasteiger charge is -2.26. The summed E-state index contributed by atoms with van der Waals surface area (Å²) >= 11 is 0. The van der Waals surface area contributed by atoms with E-state index in [0.29, 0.717) is 30.2 Å². The molecule has 1 fully saturated rings. The Balaban J connectivity index is 2.08. The first-order chi connectivity index (χ1) is 9.82. The summed E-state index contributed by atoms with van der Waals surface area (Å²) < 4.78 is 5.21. The van der Waals surface area contributed by atoms with Crippen LogP contribution in [0, 0.1) is 11.3 Å². The predicted molar refractivity (Wildman–Crippen MR) is 81.5 cm³/mol. The average molecular weight is 289 g/mol. The molecule has 1 aromatic carbocycles. The number of hydrogen-bond donors (Lipinski definition) is 0. The first kappa shape index (κ1) is 15.5. The second-order valence-electron chi connectivity index (χ2n) is 6.66. The number of benzene rings is 1. The van der Waals surface area contributed by atoms with Gasteiger partial charge in [-0.05, 0) is 23.5 Å². The minimum Gasteiger partial charge on any atom is -0.496 e. The van der Waals surface area contributed by atoms with E-state index in [1.807, 2.05) is 6.07 Å². The van der Waals surface area contributed by atoms with Gasteiger partial charge in [-0.3, -0.25) is 9.59 Å². The molecule has 1 aliphatic rings. The highest BCUT2D eigenvalue weighted by molar-refractivity contribution is 6.01. The van der Waals surface area contributed by atoms with Crippen molar-refractivity contribution in [3.05, 3.63) is 29.8 Å². The highest BCUT2D eigenvalue weighted by Crippen LogP contribution is 2.34. The van der Waals surface area contributed by atoms with Gasteiger partial charge in [0.15, 0.2) is 5.78 Å². The molecule has 1 aliphatic heterocycles. The van der Waals surface area contributed by atoms with Crippen molar-refractivity contribution in [2.45, 2.75) is 27.2 Å². The molecule has 0 saturated carbocycles. The maximum atomic E-state index is 12.4. The van der Waals surface area contributed by atoms with E-state index >= 15 is 0 Å². The summed E-state index contributed by atoms with van der Waals surface area (Å²) in [6.45, 7) is 7.19. The summed E-state index contributed by atoms with van der Waals surface area (Å²) in [5, 5.41) is 0. The van der Waals surface area contributed by atoms with Crippen LogP contribution >= 0.6 is 0 Å². The van der Waals surface area contributed by atoms with Gasteiger partial charge in [-0.1, -0.05) is 32.9 Å². The summed E-state index contributed by atoms with van der Waals surface area (Å²) in [6.07, 6.45) is 0.530. The second-order valence-corrected chi connectivity index (χ2v) is 6.66. The Morgan fingerprint density at radius 1 is 1.33 bits per heavy atom. The summed E-state index contributed by atoms with van der Waals surface area (Å²) in [5.41, 5.74) is 0.616. The zero-order chi connectivity index (χ0) is 15.6. The normalized spacial score (nSPS) is 19.0. The molecule has 0 aromatic heterocycles. The minimum atomic E-state index is -0.0737. The average Bonchev–Trinajstić information content (AvgIpc) is 2.80. The summed E-state index contributed by atoms with van der Waals surface area (Å²) in [7, 11) is 1.54. The molecule has 114 valence electrons. The van der Waals surface area contributed by atoms with E-state index in [1.165, 1.54) is 0 Å². The van der Waals surface area contributed by atoms with E-state index in [4.69, 9.17) is 4.74 Å². The molecule has 1 amide bonds. The van der Waals surface area contributed by atoms with Crippen LogP contribution < -0.4 is 4.74 Å². The van der Waals surface area contributed by atoms with Gasteiger partial charge < -0.3 is 9.64 Å². The van der Waals surface area contributed by atoms with Gasteiger partial charge in [0.25, 0.3) is 0 Å². The molecule has 1 atom stereocenters. The maximum absolute atomic E-state index is 12.4. The van der Waals surface area contributed by atoms with Crippen molar-refractivity contribution in [2.24, 2.45) is 11.3 Å². The van der Waals surface area contributed by atoms with Crippen LogP contribution in [0.1, 0.15) is 37.6 Å². The quantitative estimate of drug-likeness (QED) is 0.801. The fourth-order valence-corrected chi connectivity index (χ4v) is 2.64. The van der Waals surface area contributed by atoms with Gasteiger partial charge in [-0.25, -0.2) is 0 Å². The standard InChI is InChI=1S/C17H23NO3/c1-17(2,3)12-9-16(20)18(10-12)11-14(19)13-7-5-6-8-15(13)21-4/h5-8,12H,9-11H2,1-4H3. The topological polar surface area (TPSA) is 46.6 Å². The second kappa shape index (κ2) is 5.88. The molecule has 0 N–H and O–H groups in total. The molecule has 0 radical (unpaired) electrons. The Bertz CT molecular complexity index is 545. The lowest BCUT2D eigenvalue weighted by atomic mass is 9.80. The highest BCUT2D eigenvalue weighted by atomic mass is 16.5. The van der Waals surface area contributed by atoms with Crippen molar-refractivity contribution in [1.82, 2.24) is 4.90 Å². The molecule has 1 saturated heterocycles. The third-order valence-electron chi connectivity index (χ3n) is 4.18. The largest absolute Gasteiger partial charge is 0.496 e. The number of para-hydroxylation sites is 1. The number of carbonyl (C=O) groups excluding carboxylic acids is 2. The van der Waals surface area contributed by atoms with Crippen molar-refractivity contribution in [1.29, 1.82) is 0 Å². The van der Waals surface area contributed by atoms with E-state index < -0.39 is 0 Å². The Kier molecular flexibility index (Phi) is 4.35. The third-order valence-corrected chi connectivity index (χ3v) is 4.18. The van der Waals surface area contributed by atoms with E-state index in [-0.39, 0.29) is 23.7 Å². The highest BCUT2D eigenvalue weighted by Gasteiger charge is 2.37. The Morgan fingerprint density at radius 2 is 2.00 bits per heavy atom. The number of ether oxygens (including phenoxy) is 1. The van der Waals surface area contributed by atoms with Gasteiger partial charge >= 0.3 is 0 Å². The van der Waals surface area contributed by atoms with Crippen molar-refractivity contribution in [3.8, 4) is 5.75 Å². The molecule has 4 heteroatoms. The number of methoxy groups -OCH3 is 1. The Hall–Kier alpha value is -1.84. The van der Waals surface area contributed by atoms with Gasteiger partial charge in [0, 0.05) is 13.0 Å². The van der Waals surface area contributed by atoms with E-state index in [1.54, 1.807) is 30.2 Å². The zero-order valence-electron chi connectivity index (χ0n) is 13.2. The van der Waals surface area contributed by atoms with E-state index in [2.05, 4.69) is 20.8 Å². The fourth-order valence-electron chi connectivity index (χ4n) is 2.64. The number of hydrogen-bond acceptors (Lipinski definition) is 3. The molecule has 0 bridgehead atoms. The number of likely N-dealkylation sites (tertiary alicyclic amines) is 1. The molecule has 0 spiro atoms. The molecule has 21 heavy (non-hydrogen) atoms. The summed E-state index contributed by atoms with van der Waals surface area (Å²) in [6, 6.07) is 7.13. The number of amides is 1. The van der Waals surface area contributed by atoms with Crippen LogP contribution in [-0.2, 0) is 4.79 Å². The molecular formula is C17H23NO3. The summed E-state index contributed by atoms with van der Waals surface area (Å²) in [4.78, 5) is 26.2. The van der Waals surface area contributed by atoms with Gasteiger partial charge in [0.1, 0.15) is 5.75 Å². The lowest BCUT2D eigenvalue weighted by molar-refractivity contribution is -0.127. The van der Waals surface area contributed by atoms with Crippen molar-refractivity contribution in [3.63, 3.8) is 0 Å². The molecular weight excluding hydrogens is 266 g/mol. The number of rotatable bonds is 4. The Morgan fingerprint density at radius 3 is 2.57 bits per heavy atom. The van der Waals surface area contributed by atoms with Gasteiger partial charge in [-0.15, -0.1) is 0 Å². The maximum Gasteiger partial charge on any atom is 0.223 e. The van der Waals surface area contributed by atoms with E-state index in [0.717, 1.165) is 0 Å². The molecule has 0 aliphatic carbocycles. The van der Waals surface area contributed by atoms with Gasteiger partial charge in [-0.2, -0.15) is 0 Å². The van der Waals surface area contributed by atoms with E-state index in [9.17, 15) is 9.59 Å². The van der Waals surface area contributed by atoms with Crippen LogP contribution in [0.15, 0.2) is 24.3 Å². The van der Waals surface area contributed by atoms with Crippen LogP contribution in [0.2, 0.25) is 0 Å². The van der Waals surface area contributed by atoms with Crippen LogP contribution in [-0.4, -0.2) is 36.8 Å². The van der Waals surface area contributed by atoms with Crippen LogP contribution in [0.4, 0.5) is 0 Å². The number of Topliss-reactive ketones (excluding diaryl/α,β-unsaturated/α-hetero) is 1. The van der Waals surface area contributed by atoms with Crippen LogP contribution in [0.5, 0.6) is 5.75 Å². The smallest absolute Gasteiger partial charge is 0.223 e. The SMILES string of the molecule is COc1ccccc1C(=O)CN1CC(C(C)(C)C)CC1=O. The number of ketones is 1. The first-order valence-electron chi connectivity index (χ1n) is 7.27. The molecule has 1 aromatic rings. The van der Waals surface area contributed by atoms with Crippen LogP contribution in [0.25, 0.3) is 0 Å². The number of nitrogens with zero attached hydrogens (tertiary/aromatic N) is 1. The monoisotopic (exact) mass is 289 g/mol. The zero-order valence-corrected chi connectivity index (χ0v) is 13.2. The molecule has 2 rings (SSSR count). The van der Waals surface area contributed by atoms with Gasteiger partial charge in [0.05, 0.1) is 19.2 Å². The van der Waals surface area contributed by atoms with Crippen molar-refractivity contribution in [2.75, 3.05) is 20.2 Å². The van der Waals surface area contributed by atoms with Gasteiger partial charge in [0.2, 0.25) is 5.91 Å². The van der Waals surface area contributed by atoms with Crippen LogP contribution in [0.3, 0.4) is 0 Å². The number of carbonyl (C=O) groups is 2. The minimum absolute atomic E-state index is 0.0678. The third kappa shape index (κ3) is 3.43. The molecule has 1 unspecified atom stereocenters. The van der Waals surface area contributed by atoms with Crippen molar-refractivity contribution < 1.29 is 14.3 Å². The Labute approximate surface area is 126 Å². The molecule has 4 nitrogen and oxygen atoms in total. The van der Waals surface area contributed by atoms with Crippen molar-refractivity contribution >= 4 is 11.7 Å². The summed E-state index contributed by atoms with van der Waals surface area (Å²) in [5.74, 6) is 0.852. The fraction of sp³-hybridized carbons (Fsp3) is 0.529.